The maximum absolute atomic E-state index is 11.9. The van der Waals surface area contributed by atoms with Crippen LogP contribution in [0.15, 0.2) is 10.7 Å². The highest BCUT2D eigenvalue weighted by atomic mass is 35.5. The van der Waals surface area contributed by atoms with Gasteiger partial charge in [-0.05, 0) is 0 Å². The first kappa shape index (κ1) is 13.2. The number of amides is 2. The van der Waals surface area contributed by atoms with Gasteiger partial charge in [0.15, 0.2) is 0 Å². The topological polar surface area (TPSA) is 75.7 Å². The van der Waals surface area contributed by atoms with Crippen LogP contribution in [0.25, 0.3) is 0 Å². The van der Waals surface area contributed by atoms with Gasteiger partial charge >= 0.3 is 5.97 Å². The molecule has 1 N–H and O–H groups in total. The fourth-order valence-electron chi connectivity index (χ4n) is 1.89. The second-order valence-corrected chi connectivity index (χ2v) is 5.39. The molecule has 1 fully saturated rings. The minimum Gasteiger partial charge on any atom is -0.464 e. The number of thioether (sulfide) groups is 1. The van der Waals surface area contributed by atoms with Crippen molar-refractivity contribution in [2.45, 2.75) is 18.3 Å². The highest BCUT2D eigenvalue weighted by molar-refractivity contribution is 8.00. The lowest BCUT2D eigenvalue weighted by molar-refractivity contribution is -0.151. The third-order valence-corrected chi connectivity index (χ3v) is 4.41. The summed E-state index contributed by atoms with van der Waals surface area (Å²) in [6.45, 7) is 1.34. The van der Waals surface area contributed by atoms with Gasteiger partial charge in [0.1, 0.15) is 17.1 Å². The van der Waals surface area contributed by atoms with Crippen molar-refractivity contribution in [2.24, 2.45) is 0 Å². The van der Waals surface area contributed by atoms with Crippen LogP contribution in [0, 0.1) is 0 Å². The van der Waals surface area contributed by atoms with Gasteiger partial charge in [0.2, 0.25) is 5.91 Å². The number of rotatable bonds is 2. The average molecular weight is 291 g/mol. The zero-order valence-corrected chi connectivity index (χ0v) is 11.3. The molecule has 0 aromatic rings. The zero-order chi connectivity index (χ0) is 13.4. The van der Waals surface area contributed by atoms with Crippen LogP contribution in [0.1, 0.15) is 6.92 Å². The lowest BCUT2D eigenvalue weighted by Gasteiger charge is -2.48. The molecule has 8 heteroatoms. The molecule has 1 saturated heterocycles. The molecule has 0 aromatic heterocycles. The van der Waals surface area contributed by atoms with Crippen molar-refractivity contribution in [3.05, 3.63) is 10.7 Å². The van der Waals surface area contributed by atoms with E-state index in [-0.39, 0.29) is 27.9 Å². The Balaban J connectivity index is 2.23. The number of esters is 1. The van der Waals surface area contributed by atoms with Gasteiger partial charge in [-0.1, -0.05) is 11.6 Å². The molecule has 2 rings (SSSR count). The third-order valence-electron chi connectivity index (χ3n) is 2.66. The van der Waals surface area contributed by atoms with Gasteiger partial charge < -0.3 is 10.1 Å². The SMILES string of the molecule is COC(=O)C1=C(Cl)CS[C@@H]2[C@H](NC(C)=O)C(=O)N12. The summed E-state index contributed by atoms with van der Waals surface area (Å²) < 4.78 is 4.61. The van der Waals surface area contributed by atoms with Gasteiger partial charge in [0.25, 0.3) is 5.91 Å². The minimum atomic E-state index is -0.639. The van der Waals surface area contributed by atoms with Crippen LogP contribution in [0.5, 0.6) is 0 Å². The number of β-lactam (4-membered cyclic amide) rings is 1. The summed E-state index contributed by atoms with van der Waals surface area (Å²) in [6, 6.07) is -0.600. The molecule has 0 radical (unpaired) electrons. The van der Waals surface area contributed by atoms with Gasteiger partial charge in [0.05, 0.1) is 12.1 Å². The molecule has 2 heterocycles. The van der Waals surface area contributed by atoms with Gasteiger partial charge in [0, 0.05) is 12.7 Å². The van der Waals surface area contributed by atoms with Crippen molar-refractivity contribution in [3.8, 4) is 0 Å². The molecule has 0 bridgehead atoms. The van der Waals surface area contributed by atoms with E-state index < -0.39 is 12.0 Å². The van der Waals surface area contributed by atoms with Crippen molar-refractivity contribution in [1.29, 1.82) is 0 Å². The number of nitrogens with one attached hydrogen (secondary N) is 1. The Kier molecular flexibility index (Phi) is 3.54. The van der Waals surface area contributed by atoms with Crippen LogP contribution in [0.2, 0.25) is 0 Å². The van der Waals surface area contributed by atoms with Crippen molar-refractivity contribution < 1.29 is 19.1 Å². The average Bonchev–Trinajstić information content (AvgIpc) is 2.34. The molecule has 18 heavy (non-hydrogen) atoms. The molecule has 6 nitrogen and oxygen atoms in total. The van der Waals surface area contributed by atoms with Gasteiger partial charge in [-0.15, -0.1) is 11.8 Å². The third kappa shape index (κ3) is 1.97. The fraction of sp³-hybridized carbons (Fsp3) is 0.500. The van der Waals surface area contributed by atoms with E-state index in [1.807, 2.05) is 0 Å². The Morgan fingerprint density at radius 2 is 2.22 bits per heavy atom. The van der Waals surface area contributed by atoms with Crippen LogP contribution < -0.4 is 5.32 Å². The van der Waals surface area contributed by atoms with Gasteiger partial charge in [-0.25, -0.2) is 4.79 Å². The molecular weight excluding hydrogens is 280 g/mol. The maximum atomic E-state index is 11.9. The summed E-state index contributed by atoms with van der Waals surface area (Å²) >= 11 is 7.35. The molecule has 2 aliphatic rings. The highest BCUT2D eigenvalue weighted by Gasteiger charge is 2.54. The number of ether oxygens (including phenoxy) is 1. The first-order chi connectivity index (χ1) is 8.47. The number of carbonyl (C=O) groups is 3. The number of nitrogens with zero attached hydrogens (tertiary/aromatic N) is 1. The monoisotopic (exact) mass is 290 g/mol. The van der Waals surface area contributed by atoms with E-state index in [0.717, 1.165) is 0 Å². The normalized spacial score (nSPS) is 26.4. The van der Waals surface area contributed by atoms with E-state index in [4.69, 9.17) is 11.6 Å². The van der Waals surface area contributed by atoms with E-state index >= 15 is 0 Å². The summed E-state index contributed by atoms with van der Waals surface area (Å²) in [5.74, 6) is -0.856. The Labute approximate surface area is 113 Å². The predicted octanol–water partition coefficient (Wildman–Crippen LogP) is 0.0296. The molecule has 0 aliphatic carbocycles. The number of hydrogen-bond acceptors (Lipinski definition) is 5. The molecule has 0 aromatic carbocycles. The van der Waals surface area contributed by atoms with E-state index in [0.29, 0.717) is 5.75 Å². The highest BCUT2D eigenvalue weighted by Crippen LogP contribution is 2.41. The lowest BCUT2D eigenvalue weighted by atomic mass is 10.1. The molecule has 0 saturated carbocycles. The summed E-state index contributed by atoms with van der Waals surface area (Å²) in [5, 5.41) is 2.55. The first-order valence-electron chi connectivity index (χ1n) is 5.16. The van der Waals surface area contributed by atoms with Crippen LogP contribution in [0.4, 0.5) is 0 Å². The number of halogens is 1. The van der Waals surface area contributed by atoms with Crippen molar-refractivity contribution in [1.82, 2.24) is 10.2 Å². The molecule has 2 atom stereocenters. The number of carbonyl (C=O) groups excluding carboxylic acids is 3. The Morgan fingerprint density at radius 3 is 2.78 bits per heavy atom. The Hall–Kier alpha value is -1.21. The van der Waals surface area contributed by atoms with E-state index in [2.05, 4.69) is 10.1 Å². The minimum absolute atomic E-state index is 0.0783. The Morgan fingerprint density at radius 1 is 1.56 bits per heavy atom. The van der Waals surface area contributed by atoms with Crippen molar-refractivity contribution in [2.75, 3.05) is 12.9 Å². The second-order valence-electron chi connectivity index (χ2n) is 3.83. The predicted molar refractivity (Wildman–Crippen MR) is 65.6 cm³/mol. The maximum Gasteiger partial charge on any atom is 0.356 e. The smallest absolute Gasteiger partial charge is 0.356 e. The number of hydrogen-bond donors (Lipinski definition) is 1. The van der Waals surface area contributed by atoms with Gasteiger partial charge in [-0.3, -0.25) is 14.5 Å². The molecule has 0 spiro atoms. The summed E-state index contributed by atoms with van der Waals surface area (Å²) in [6.07, 6.45) is 0. The van der Waals surface area contributed by atoms with Crippen LogP contribution in [-0.2, 0) is 19.1 Å². The zero-order valence-electron chi connectivity index (χ0n) is 9.73. The summed E-state index contributed by atoms with van der Waals surface area (Å²) in [5.41, 5.74) is 0.0783. The Bertz CT molecular complexity index is 465. The van der Waals surface area contributed by atoms with E-state index in [9.17, 15) is 14.4 Å². The largest absolute Gasteiger partial charge is 0.464 e. The fourth-order valence-corrected chi connectivity index (χ4v) is 3.43. The number of fused-ring (bicyclic) bond motifs is 1. The van der Waals surface area contributed by atoms with Crippen molar-refractivity contribution in [3.63, 3.8) is 0 Å². The molecule has 0 unspecified atom stereocenters. The van der Waals surface area contributed by atoms with Crippen LogP contribution >= 0.6 is 23.4 Å². The van der Waals surface area contributed by atoms with Crippen LogP contribution in [0.3, 0.4) is 0 Å². The second kappa shape index (κ2) is 4.81. The van der Waals surface area contributed by atoms with E-state index in [1.54, 1.807) is 0 Å². The quantitative estimate of drug-likeness (QED) is 0.574. The lowest BCUT2D eigenvalue weighted by Crippen LogP contribution is -2.70. The summed E-state index contributed by atoms with van der Waals surface area (Å²) in [4.78, 5) is 35.8. The first-order valence-corrected chi connectivity index (χ1v) is 6.58. The van der Waals surface area contributed by atoms with Gasteiger partial charge in [-0.2, -0.15) is 0 Å². The summed E-state index contributed by atoms with van der Waals surface area (Å²) in [7, 11) is 1.23. The van der Waals surface area contributed by atoms with Crippen molar-refractivity contribution >= 4 is 41.1 Å². The standard InChI is InChI=1S/C10H11ClN2O4S/c1-4(14)12-6-8(15)13-7(10(16)17-2)5(11)3-18-9(6)13/h6,9H,3H2,1-2H3,(H,12,14)/t6-,9-/m1/s1. The molecule has 2 aliphatic heterocycles. The molecule has 2 amide bonds. The number of methoxy groups -OCH3 is 1. The molecular formula is C10H11ClN2O4S. The van der Waals surface area contributed by atoms with Crippen LogP contribution in [-0.4, -0.2) is 47.0 Å². The van der Waals surface area contributed by atoms with E-state index in [1.165, 1.54) is 30.7 Å². The molecule has 98 valence electrons.